The minimum atomic E-state index is -0.187. The van der Waals surface area contributed by atoms with E-state index in [4.69, 9.17) is 32.6 Å². The summed E-state index contributed by atoms with van der Waals surface area (Å²) < 4.78 is 6.01. The number of carbonyl (C=O) groups is 1. The lowest BCUT2D eigenvalue weighted by Gasteiger charge is -2.24. The first-order valence-corrected chi connectivity index (χ1v) is 12.5. The smallest absolute Gasteiger partial charge is 0.267 e. The van der Waals surface area contributed by atoms with Crippen molar-refractivity contribution in [2.24, 2.45) is 4.99 Å². The number of carbonyl (C=O) groups excluding carboxylic acids is 1. The van der Waals surface area contributed by atoms with E-state index in [0.717, 1.165) is 16.8 Å². The summed E-state index contributed by atoms with van der Waals surface area (Å²) in [6.45, 7) is 2.01. The van der Waals surface area contributed by atoms with E-state index in [-0.39, 0.29) is 11.9 Å². The fraction of sp³-hybridized carbons (Fsp3) is 0.0714. The second kappa shape index (κ2) is 10.2. The minimum Gasteiger partial charge on any atom is -0.457 e. The van der Waals surface area contributed by atoms with Crippen molar-refractivity contribution in [3.63, 3.8) is 0 Å². The molecule has 1 aliphatic rings. The summed E-state index contributed by atoms with van der Waals surface area (Å²) in [5, 5.41) is 1.56. The third-order valence-corrected chi connectivity index (χ3v) is 7.31. The molecule has 5 rings (SSSR count). The Balaban J connectivity index is 1.49. The summed E-state index contributed by atoms with van der Waals surface area (Å²) in [7, 11) is 0. The van der Waals surface area contributed by atoms with Gasteiger partial charge in [0.05, 0.1) is 26.7 Å². The predicted molar refractivity (Wildman–Crippen MR) is 145 cm³/mol. The van der Waals surface area contributed by atoms with Crippen LogP contribution >= 0.6 is 35.0 Å². The van der Waals surface area contributed by atoms with Crippen LogP contribution in [0.3, 0.4) is 0 Å². The Morgan fingerprint density at radius 2 is 1.63 bits per heavy atom. The Morgan fingerprint density at radius 1 is 0.914 bits per heavy atom. The van der Waals surface area contributed by atoms with Crippen LogP contribution in [0.2, 0.25) is 10.0 Å². The van der Waals surface area contributed by atoms with Crippen LogP contribution in [0.1, 0.15) is 24.3 Å². The zero-order valence-corrected chi connectivity index (χ0v) is 21.0. The largest absolute Gasteiger partial charge is 0.457 e. The van der Waals surface area contributed by atoms with Crippen molar-refractivity contribution in [1.29, 1.82) is 0 Å². The Labute approximate surface area is 217 Å². The van der Waals surface area contributed by atoms with Gasteiger partial charge in [-0.1, -0.05) is 71.7 Å². The van der Waals surface area contributed by atoms with Crippen molar-refractivity contribution >= 4 is 57.8 Å². The predicted octanol–water partition coefficient (Wildman–Crippen LogP) is 8.62. The molecule has 2 heterocycles. The normalized spacial score (nSPS) is 16.9. The Hall–Kier alpha value is -3.25. The molecule has 1 aromatic heterocycles. The van der Waals surface area contributed by atoms with Crippen LogP contribution < -0.4 is 0 Å². The highest BCUT2D eigenvalue weighted by atomic mass is 35.5. The van der Waals surface area contributed by atoms with Crippen molar-refractivity contribution in [3.05, 3.63) is 117 Å². The van der Waals surface area contributed by atoms with Gasteiger partial charge >= 0.3 is 0 Å². The second-order valence-electron chi connectivity index (χ2n) is 7.93. The van der Waals surface area contributed by atoms with Crippen molar-refractivity contribution in [1.82, 2.24) is 4.90 Å². The number of hydrogen-bond donors (Lipinski definition) is 0. The van der Waals surface area contributed by atoms with E-state index < -0.39 is 0 Å². The molecule has 0 spiro atoms. The van der Waals surface area contributed by atoms with Gasteiger partial charge in [-0.2, -0.15) is 0 Å². The molecule has 1 fully saturated rings. The summed E-state index contributed by atoms with van der Waals surface area (Å²) in [6.07, 6.45) is 1.76. The molecule has 1 amide bonds. The fourth-order valence-corrected chi connectivity index (χ4v) is 5.11. The molecule has 0 saturated carbocycles. The number of amidine groups is 1. The van der Waals surface area contributed by atoms with Gasteiger partial charge < -0.3 is 4.42 Å². The maximum Gasteiger partial charge on any atom is 0.267 e. The molecule has 7 heteroatoms. The molecule has 1 atom stereocenters. The summed E-state index contributed by atoms with van der Waals surface area (Å²) >= 11 is 13.5. The van der Waals surface area contributed by atoms with Gasteiger partial charge in [0.15, 0.2) is 5.17 Å². The molecule has 35 heavy (non-hydrogen) atoms. The van der Waals surface area contributed by atoms with Crippen LogP contribution in [0.15, 0.2) is 105 Å². The van der Waals surface area contributed by atoms with Gasteiger partial charge in [0.25, 0.3) is 5.91 Å². The number of furan rings is 1. The number of rotatable bonds is 5. The lowest BCUT2D eigenvalue weighted by atomic mass is 10.1. The number of nitrogens with zero attached hydrogens (tertiary/aromatic N) is 2. The van der Waals surface area contributed by atoms with E-state index in [9.17, 15) is 4.79 Å². The third kappa shape index (κ3) is 5.08. The Morgan fingerprint density at radius 3 is 2.34 bits per heavy atom. The zero-order valence-electron chi connectivity index (χ0n) is 18.7. The zero-order chi connectivity index (χ0) is 24.4. The molecule has 4 nitrogen and oxygen atoms in total. The number of benzene rings is 3. The number of hydrogen-bond acceptors (Lipinski definition) is 4. The van der Waals surface area contributed by atoms with Gasteiger partial charge in [-0.3, -0.25) is 9.69 Å². The van der Waals surface area contributed by atoms with E-state index in [1.165, 1.54) is 11.8 Å². The number of amides is 1. The SMILES string of the molecule is C[C@@H](c1ccccc1)N1C(=O)/C(=C\c2ccc(-c3ccc(Cl)c(Cl)c3)o2)SC1=Nc1ccccc1. The van der Waals surface area contributed by atoms with E-state index >= 15 is 0 Å². The Bertz CT molecular complexity index is 1430. The van der Waals surface area contributed by atoms with Gasteiger partial charge in [0, 0.05) is 11.6 Å². The van der Waals surface area contributed by atoms with E-state index in [1.807, 2.05) is 85.8 Å². The van der Waals surface area contributed by atoms with Crippen LogP contribution in [-0.4, -0.2) is 16.0 Å². The average Bonchev–Trinajstić information content (AvgIpc) is 3.46. The van der Waals surface area contributed by atoms with Crippen LogP contribution in [-0.2, 0) is 4.79 Å². The van der Waals surface area contributed by atoms with Gasteiger partial charge in [-0.15, -0.1) is 0 Å². The molecule has 174 valence electrons. The summed E-state index contributed by atoms with van der Waals surface area (Å²) in [5.41, 5.74) is 2.62. The van der Waals surface area contributed by atoms with Crippen LogP contribution in [0.5, 0.6) is 0 Å². The van der Waals surface area contributed by atoms with Crippen LogP contribution in [0.25, 0.3) is 17.4 Å². The maximum absolute atomic E-state index is 13.6. The quantitative estimate of drug-likeness (QED) is 0.248. The number of halogens is 2. The van der Waals surface area contributed by atoms with Crippen LogP contribution in [0, 0.1) is 0 Å². The van der Waals surface area contributed by atoms with E-state index in [2.05, 4.69) is 0 Å². The first-order chi connectivity index (χ1) is 17.0. The topological polar surface area (TPSA) is 45.8 Å². The molecule has 1 saturated heterocycles. The molecule has 4 aromatic rings. The second-order valence-corrected chi connectivity index (χ2v) is 9.76. The number of para-hydroxylation sites is 1. The van der Waals surface area contributed by atoms with Crippen molar-refractivity contribution in [3.8, 4) is 11.3 Å². The van der Waals surface area contributed by atoms with Gasteiger partial charge in [0.2, 0.25) is 0 Å². The molecule has 3 aromatic carbocycles. The van der Waals surface area contributed by atoms with Gasteiger partial charge in [-0.25, -0.2) is 4.99 Å². The van der Waals surface area contributed by atoms with Crippen molar-refractivity contribution < 1.29 is 9.21 Å². The summed E-state index contributed by atoms with van der Waals surface area (Å²) in [4.78, 5) is 20.6. The summed E-state index contributed by atoms with van der Waals surface area (Å²) in [5.74, 6) is 1.09. The highest BCUT2D eigenvalue weighted by Crippen LogP contribution is 2.39. The first kappa shape index (κ1) is 23.5. The third-order valence-electron chi connectivity index (χ3n) is 5.59. The Kier molecular flexibility index (Phi) is 6.82. The monoisotopic (exact) mass is 518 g/mol. The number of thioether (sulfide) groups is 1. The molecule has 1 aliphatic heterocycles. The molecule has 0 radical (unpaired) electrons. The molecular formula is C28H20Cl2N2O2S. The van der Waals surface area contributed by atoms with Crippen LogP contribution in [0.4, 0.5) is 5.69 Å². The molecule has 0 unspecified atom stereocenters. The highest BCUT2D eigenvalue weighted by Gasteiger charge is 2.37. The average molecular weight is 519 g/mol. The minimum absolute atomic E-state index is 0.117. The molecular weight excluding hydrogens is 499 g/mol. The lowest BCUT2D eigenvalue weighted by molar-refractivity contribution is -0.123. The number of aliphatic imine (C=N–C) groups is 1. The van der Waals surface area contributed by atoms with Crippen molar-refractivity contribution in [2.45, 2.75) is 13.0 Å². The standard InChI is InChI=1S/C28H20Cl2N2O2S/c1-18(19-8-4-2-5-9-19)32-27(33)26(35-28(32)31-21-10-6-3-7-11-21)17-22-13-15-25(34-22)20-12-14-23(29)24(30)16-20/h2-18H,1H3/b26-17+,31-28?/t18-/m0/s1. The highest BCUT2D eigenvalue weighted by molar-refractivity contribution is 8.18. The first-order valence-electron chi connectivity index (χ1n) is 11.0. The van der Waals surface area contributed by atoms with Gasteiger partial charge in [0.1, 0.15) is 11.5 Å². The lowest BCUT2D eigenvalue weighted by Crippen LogP contribution is -2.32. The molecule has 0 bridgehead atoms. The molecule has 0 N–H and O–H groups in total. The van der Waals surface area contributed by atoms with E-state index in [0.29, 0.717) is 31.6 Å². The van der Waals surface area contributed by atoms with E-state index in [1.54, 1.807) is 23.1 Å². The maximum atomic E-state index is 13.6. The molecule has 0 aliphatic carbocycles. The fourth-order valence-electron chi connectivity index (χ4n) is 3.76. The summed E-state index contributed by atoms with van der Waals surface area (Å²) in [6, 6.07) is 28.4. The van der Waals surface area contributed by atoms with Gasteiger partial charge in [-0.05, 0) is 66.7 Å². The van der Waals surface area contributed by atoms with Crippen molar-refractivity contribution in [2.75, 3.05) is 0 Å².